The van der Waals surface area contributed by atoms with Crippen molar-refractivity contribution in [2.75, 3.05) is 6.61 Å². The zero-order valence-electron chi connectivity index (χ0n) is 10.4. The Balaban J connectivity index is 2.76. The number of aliphatic hydroxyl groups is 1. The zero-order chi connectivity index (χ0) is 13.0. The molecule has 1 amide bonds. The fourth-order valence-corrected chi connectivity index (χ4v) is 1.49. The number of phenolic OH excluding ortho intramolecular Hbond substituents is 1. The molecule has 2 atom stereocenters. The summed E-state index contributed by atoms with van der Waals surface area (Å²) in [5, 5.41) is 21.1. The quantitative estimate of drug-likeness (QED) is 0.742. The van der Waals surface area contributed by atoms with Crippen molar-refractivity contribution < 1.29 is 15.0 Å². The molecule has 0 radical (unpaired) electrons. The maximum Gasteiger partial charge on any atom is 0.251 e. The Morgan fingerprint density at radius 3 is 2.59 bits per heavy atom. The van der Waals surface area contributed by atoms with Gasteiger partial charge in [0.2, 0.25) is 0 Å². The highest BCUT2D eigenvalue weighted by molar-refractivity contribution is 5.95. The molecule has 1 aromatic rings. The largest absolute Gasteiger partial charge is 0.508 e. The third-order valence-electron chi connectivity index (χ3n) is 2.95. The van der Waals surface area contributed by atoms with Gasteiger partial charge in [-0.25, -0.2) is 0 Å². The molecule has 0 aliphatic carbocycles. The predicted molar refractivity (Wildman–Crippen MR) is 66.0 cm³/mol. The van der Waals surface area contributed by atoms with Gasteiger partial charge in [0.05, 0.1) is 0 Å². The highest BCUT2D eigenvalue weighted by Gasteiger charge is 2.16. The van der Waals surface area contributed by atoms with Crippen LogP contribution in [0.5, 0.6) is 5.75 Å². The van der Waals surface area contributed by atoms with Gasteiger partial charge in [0.25, 0.3) is 5.91 Å². The molecule has 17 heavy (non-hydrogen) atoms. The van der Waals surface area contributed by atoms with E-state index in [1.165, 1.54) is 6.07 Å². The monoisotopic (exact) mass is 237 g/mol. The summed E-state index contributed by atoms with van der Waals surface area (Å²) in [4.78, 5) is 11.9. The fraction of sp³-hybridized carbons (Fsp3) is 0.462. The average molecular weight is 237 g/mol. The first-order chi connectivity index (χ1) is 7.95. The second-order valence-electron chi connectivity index (χ2n) is 4.42. The van der Waals surface area contributed by atoms with Crippen LogP contribution in [0.1, 0.15) is 29.8 Å². The molecule has 0 heterocycles. The van der Waals surface area contributed by atoms with Crippen LogP contribution in [0.3, 0.4) is 0 Å². The number of amides is 1. The minimum Gasteiger partial charge on any atom is -0.508 e. The SMILES string of the molecule is Cc1cc(O)ccc1C(=O)NC(C)C(C)CO. The topological polar surface area (TPSA) is 69.6 Å². The summed E-state index contributed by atoms with van der Waals surface area (Å²) in [6.07, 6.45) is 0. The molecule has 1 aromatic carbocycles. The second kappa shape index (κ2) is 5.68. The van der Waals surface area contributed by atoms with E-state index in [2.05, 4.69) is 5.32 Å². The number of aliphatic hydroxyl groups excluding tert-OH is 1. The Morgan fingerprint density at radius 2 is 2.06 bits per heavy atom. The van der Waals surface area contributed by atoms with Crippen molar-refractivity contribution in [1.82, 2.24) is 5.32 Å². The molecule has 2 unspecified atom stereocenters. The number of aryl methyl sites for hydroxylation is 1. The van der Waals surface area contributed by atoms with Crippen molar-refractivity contribution in [2.45, 2.75) is 26.8 Å². The molecular weight excluding hydrogens is 218 g/mol. The summed E-state index contributed by atoms with van der Waals surface area (Å²) in [6.45, 7) is 5.54. The molecular formula is C13H19NO3. The van der Waals surface area contributed by atoms with E-state index in [1.54, 1.807) is 19.1 Å². The highest BCUT2D eigenvalue weighted by atomic mass is 16.3. The van der Waals surface area contributed by atoms with E-state index in [1.807, 2.05) is 13.8 Å². The van der Waals surface area contributed by atoms with Crippen molar-refractivity contribution in [3.63, 3.8) is 0 Å². The van der Waals surface area contributed by atoms with Gasteiger partial charge in [-0.15, -0.1) is 0 Å². The van der Waals surface area contributed by atoms with Crippen LogP contribution in [0.15, 0.2) is 18.2 Å². The normalized spacial score (nSPS) is 14.1. The minimum atomic E-state index is -0.185. The summed E-state index contributed by atoms with van der Waals surface area (Å²) < 4.78 is 0. The van der Waals surface area contributed by atoms with E-state index >= 15 is 0 Å². The number of rotatable bonds is 4. The predicted octanol–water partition coefficient (Wildman–Crippen LogP) is 1.45. The van der Waals surface area contributed by atoms with Crippen LogP contribution in [0, 0.1) is 12.8 Å². The Kier molecular flexibility index (Phi) is 4.52. The van der Waals surface area contributed by atoms with Crippen molar-refractivity contribution in [3.05, 3.63) is 29.3 Å². The molecule has 0 saturated carbocycles. The van der Waals surface area contributed by atoms with Crippen LogP contribution in [0.4, 0.5) is 0 Å². The van der Waals surface area contributed by atoms with Crippen molar-refractivity contribution in [1.29, 1.82) is 0 Å². The highest BCUT2D eigenvalue weighted by Crippen LogP contribution is 2.16. The first-order valence-electron chi connectivity index (χ1n) is 5.67. The summed E-state index contributed by atoms with van der Waals surface area (Å²) in [5.74, 6) is -0.0255. The van der Waals surface area contributed by atoms with Crippen LogP contribution in [0.25, 0.3) is 0 Å². The van der Waals surface area contributed by atoms with Gasteiger partial charge in [0.15, 0.2) is 0 Å². The van der Waals surface area contributed by atoms with E-state index < -0.39 is 0 Å². The number of hydrogen-bond donors (Lipinski definition) is 3. The molecule has 0 aromatic heterocycles. The lowest BCUT2D eigenvalue weighted by atomic mass is 10.0. The summed E-state index contributed by atoms with van der Waals surface area (Å²) >= 11 is 0. The van der Waals surface area contributed by atoms with E-state index in [-0.39, 0.29) is 30.2 Å². The fourth-order valence-electron chi connectivity index (χ4n) is 1.49. The molecule has 3 N–H and O–H groups in total. The molecule has 1 rings (SSSR count). The van der Waals surface area contributed by atoms with Crippen LogP contribution < -0.4 is 5.32 Å². The molecule has 94 valence electrons. The lowest BCUT2D eigenvalue weighted by molar-refractivity contribution is 0.0915. The molecule has 4 nitrogen and oxygen atoms in total. The molecule has 0 aliphatic heterocycles. The smallest absolute Gasteiger partial charge is 0.251 e. The molecule has 0 fully saturated rings. The van der Waals surface area contributed by atoms with E-state index in [0.717, 1.165) is 5.56 Å². The Bertz CT molecular complexity index is 404. The minimum absolute atomic E-state index is 0.0105. The van der Waals surface area contributed by atoms with Gasteiger partial charge in [-0.2, -0.15) is 0 Å². The van der Waals surface area contributed by atoms with Crippen molar-refractivity contribution in [3.8, 4) is 5.75 Å². The van der Waals surface area contributed by atoms with Gasteiger partial charge in [0.1, 0.15) is 5.75 Å². The molecule has 4 heteroatoms. The van der Waals surface area contributed by atoms with Gasteiger partial charge in [0, 0.05) is 18.2 Å². The first kappa shape index (κ1) is 13.5. The Hall–Kier alpha value is -1.55. The number of carbonyl (C=O) groups is 1. The standard InChI is InChI=1S/C13H19NO3/c1-8-6-11(16)4-5-12(8)13(17)14-10(3)9(2)7-15/h4-6,9-10,15-16H,7H2,1-3H3,(H,14,17). The van der Waals surface area contributed by atoms with E-state index in [0.29, 0.717) is 5.56 Å². The maximum atomic E-state index is 11.9. The summed E-state index contributed by atoms with van der Waals surface area (Å²) in [7, 11) is 0. The third-order valence-corrected chi connectivity index (χ3v) is 2.95. The Labute approximate surface area is 101 Å². The number of carbonyl (C=O) groups excluding carboxylic acids is 1. The zero-order valence-corrected chi connectivity index (χ0v) is 10.4. The van der Waals surface area contributed by atoms with Gasteiger partial charge in [-0.1, -0.05) is 6.92 Å². The lowest BCUT2D eigenvalue weighted by Crippen LogP contribution is -2.38. The summed E-state index contributed by atoms with van der Waals surface area (Å²) in [5.41, 5.74) is 1.27. The lowest BCUT2D eigenvalue weighted by Gasteiger charge is -2.19. The van der Waals surface area contributed by atoms with Crippen LogP contribution in [0.2, 0.25) is 0 Å². The van der Waals surface area contributed by atoms with Crippen LogP contribution in [-0.2, 0) is 0 Å². The number of nitrogens with one attached hydrogen (secondary N) is 1. The number of benzene rings is 1. The van der Waals surface area contributed by atoms with Gasteiger partial charge in [-0.3, -0.25) is 4.79 Å². The molecule has 0 spiro atoms. The Morgan fingerprint density at radius 1 is 1.41 bits per heavy atom. The maximum absolute atomic E-state index is 11.9. The van der Waals surface area contributed by atoms with Crippen molar-refractivity contribution >= 4 is 5.91 Å². The summed E-state index contributed by atoms with van der Waals surface area (Å²) in [6, 6.07) is 4.54. The van der Waals surface area contributed by atoms with Crippen LogP contribution >= 0.6 is 0 Å². The first-order valence-corrected chi connectivity index (χ1v) is 5.67. The third kappa shape index (κ3) is 3.46. The van der Waals surface area contributed by atoms with Gasteiger partial charge >= 0.3 is 0 Å². The van der Waals surface area contributed by atoms with Gasteiger partial charge < -0.3 is 15.5 Å². The molecule has 0 aliphatic rings. The van der Waals surface area contributed by atoms with Crippen molar-refractivity contribution in [2.24, 2.45) is 5.92 Å². The van der Waals surface area contributed by atoms with E-state index in [9.17, 15) is 9.90 Å². The molecule has 0 saturated heterocycles. The van der Waals surface area contributed by atoms with Gasteiger partial charge in [-0.05, 0) is 43.5 Å². The second-order valence-corrected chi connectivity index (χ2v) is 4.42. The van der Waals surface area contributed by atoms with E-state index in [4.69, 9.17) is 5.11 Å². The molecule has 0 bridgehead atoms. The number of aromatic hydroxyl groups is 1. The number of phenols is 1. The number of hydrogen-bond acceptors (Lipinski definition) is 3. The van der Waals surface area contributed by atoms with Crippen LogP contribution in [-0.4, -0.2) is 28.8 Å². The average Bonchev–Trinajstić information content (AvgIpc) is 2.27.